The fourth-order valence-corrected chi connectivity index (χ4v) is 0.789. The van der Waals surface area contributed by atoms with Gasteiger partial charge in [0.15, 0.2) is 5.90 Å². The van der Waals surface area contributed by atoms with E-state index in [0.29, 0.717) is 6.04 Å². The SMILES string of the molecule is CC1=NC(C)CCO1. The normalized spacial score (nSPS) is 28.8. The van der Waals surface area contributed by atoms with Gasteiger partial charge in [-0.25, -0.2) is 0 Å². The number of rotatable bonds is 0. The summed E-state index contributed by atoms with van der Waals surface area (Å²) >= 11 is 0. The van der Waals surface area contributed by atoms with E-state index in [-0.39, 0.29) is 0 Å². The second kappa shape index (κ2) is 2.16. The zero-order valence-electron chi connectivity index (χ0n) is 5.35. The monoisotopic (exact) mass is 113 g/mol. The molecule has 0 N–H and O–H groups in total. The maximum atomic E-state index is 5.10. The lowest BCUT2D eigenvalue weighted by Gasteiger charge is -2.14. The van der Waals surface area contributed by atoms with Gasteiger partial charge in [0.1, 0.15) is 0 Å². The summed E-state index contributed by atoms with van der Waals surface area (Å²) in [5, 5.41) is 0. The van der Waals surface area contributed by atoms with E-state index in [1.54, 1.807) is 0 Å². The molecule has 8 heavy (non-hydrogen) atoms. The maximum absolute atomic E-state index is 5.10. The molecule has 0 saturated heterocycles. The molecule has 0 fully saturated rings. The van der Waals surface area contributed by atoms with Crippen LogP contribution in [-0.4, -0.2) is 18.5 Å². The van der Waals surface area contributed by atoms with Gasteiger partial charge in [-0.05, 0) is 6.92 Å². The zero-order valence-corrected chi connectivity index (χ0v) is 5.35. The van der Waals surface area contributed by atoms with Crippen LogP contribution in [0.1, 0.15) is 20.3 Å². The summed E-state index contributed by atoms with van der Waals surface area (Å²) in [6, 6.07) is 0.476. The van der Waals surface area contributed by atoms with Crippen LogP contribution in [0, 0.1) is 0 Å². The third-order valence-corrected chi connectivity index (χ3v) is 1.25. The fraction of sp³-hybridized carbons (Fsp3) is 0.833. The summed E-state index contributed by atoms with van der Waals surface area (Å²) in [5.41, 5.74) is 0. The number of hydrogen-bond acceptors (Lipinski definition) is 2. The van der Waals surface area contributed by atoms with Crippen LogP contribution in [-0.2, 0) is 4.74 Å². The molecular formula is C6H11NO. The van der Waals surface area contributed by atoms with Crippen molar-refractivity contribution in [1.82, 2.24) is 0 Å². The molecule has 0 radical (unpaired) electrons. The van der Waals surface area contributed by atoms with Crippen molar-refractivity contribution in [3.8, 4) is 0 Å². The highest BCUT2D eigenvalue weighted by Crippen LogP contribution is 2.04. The Morgan fingerprint density at radius 2 is 2.50 bits per heavy atom. The van der Waals surface area contributed by atoms with Crippen LogP contribution < -0.4 is 0 Å². The highest BCUT2D eigenvalue weighted by Gasteiger charge is 2.06. The minimum atomic E-state index is 0.476. The lowest BCUT2D eigenvalue weighted by molar-refractivity contribution is 0.262. The molecule has 1 heterocycles. The molecule has 0 bridgehead atoms. The van der Waals surface area contributed by atoms with E-state index in [0.717, 1.165) is 18.9 Å². The molecule has 0 saturated carbocycles. The van der Waals surface area contributed by atoms with Crippen molar-refractivity contribution >= 4 is 5.90 Å². The summed E-state index contributed by atoms with van der Waals surface area (Å²) in [6.45, 7) is 4.85. The maximum Gasteiger partial charge on any atom is 0.180 e. The quantitative estimate of drug-likeness (QED) is 0.462. The van der Waals surface area contributed by atoms with Crippen molar-refractivity contribution < 1.29 is 4.74 Å². The molecule has 0 spiro atoms. The Hall–Kier alpha value is -0.530. The highest BCUT2D eigenvalue weighted by atomic mass is 16.5. The smallest absolute Gasteiger partial charge is 0.180 e. The molecule has 0 aliphatic carbocycles. The van der Waals surface area contributed by atoms with Gasteiger partial charge >= 0.3 is 0 Å². The summed E-state index contributed by atoms with van der Waals surface area (Å²) in [4.78, 5) is 4.18. The predicted octanol–water partition coefficient (Wildman–Crippen LogP) is 1.21. The first-order valence-electron chi connectivity index (χ1n) is 2.96. The van der Waals surface area contributed by atoms with Gasteiger partial charge in [-0.1, -0.05) is 0 Å². The molecule has 0 aromatic heterocycles. The minimum Gasteiger partial charge on any atom is -0.481 e. The fourth-order valence-electron chi connectivity index (χ4n) is 0.789. The van der Waals surface area contributed by atoms with Crippen molar-refractivity contribution in [3.63, 3.8) is 0 Å². The number of nitrogens with zero attached hydrogens (tertiary/aromatic N) is 1. The second-order valence-corrected chi connectivity index (χ2v) is 2.13. The van der Waals surface area contributed by atoms with Crippen LogP contribution in [0.25, 0.3) is 0 Å². The van der Waals surface area contributed by atoms with Crippen molar-refractivity contribution in [1.29, 1.82) is 0 Å². The topological polar surface area (TPSA) is 21.6 Å². The van der Waals surface area contributed by atoms with Crippen LogP contribution in [0.15, 0.2) is 4.99 Å². The van der Waals surface area contributed by atoms with Gasteiger partial charge in [-0.15, -0.1) is 0 Å². The van der Waals surface area contributed by atoms with Gasteiger partial charge in [-0.2, -0.15) is 0 Å². The first kappa shape index (κ1) is 5.60. The molecule has 0 aromatic carbocycles. The third-order valence-electron chi connectivity index (χ3n) is 1.25. The first-order chi connectivity index (χ1) is 3.79. The van der Waals surface area contributed by atoms with E-state index < -0.39 is 0 Å². The van der Waals surface area contributed by atoms with E-state index in [4.69, 9.17) is 4.74 Å². The molecule has 0 amide bonds. The Morgan fingerprint density at radius 3 is 2.88 bits per heavy atom. The van der Waals surface area contributed by atoms with Crippen LogP contribution >= 0.6 is 0 Å². The standard InChI is InChI=1S/C6H11NO/c1-5-3-4-8-6(2)7-5/h5H,3-4H2,1-2H3. The molecule has 1 aliphatic rings. The lowest BCUT2D eigenvalue weighted by Crippen LogP contribution is -2.16. The molecule has 1 atom stereocenters. The van der Waals surface area contributed by atoms with E-state index in [1.807, 2.05) is 6.92 Å². The van der Waals surface area contributed by atoms with Crippen LogP contribution in [0.4, 0.5) is 0 Å². The Balaban J connectivity index is 2.50. The number of ether oxygens (including phenoxy) is 1. The Labute approximate surface area is 49.6 Å². The molecule has 46 valence electrons. The molecule has 2 nitrogen and oxygen atoms in total. The summed E-state index contributed by atoms with van der Waals surface area (Å²) < 4.78 is 5.10. The molecule has 2 heteroatoms. The first-order valence-corrected chi connectivity index (χ1v) is 2.96. The van der Waals surface area contributed by atoms with Gasteiger partial charge in [0.05, 0.1) is 12.6 Å². The van der Waals surface area contributed by atoms with Crippen molar-refractivity contribution in [2.75, 3.05) is 6.61 Å². The van der Waals surface area contributed by atoms with Crippen molar-refractivity contribution in [2.45, 2.75) is 26.3 Å². The zero-order chi connectivity index (χ0) is 5.98. The highest BCUT2D eigenvalue weighted by molar-refractivity contribution is 5.73. The number of aliphatic imine (C=N–C) groups is 1. The van der Waals surface area contributed by atoms with Gasteiger partial charge < -0.3 is 4.74 Å². The van der Waals surface area contributed by atoms with Crippen LogP contribution in [0.2, 0.25) is 0 Å². The third kappa shape index (κ3) is 1.22. The van der Waals surface area contributed by atoms with Crippen LogP contribution in [0.5, 0.6) is 0 Å². The number of hydrogen-bond donors (Lipinski definition) is 0. The molecule has 0 aromatic rings. The van der Waals surface area contributed by atoms with Gasteiger partial charge in [0.2, 0.25) is 0 Å². The minimum absolute atomic E-state index is 0.476. The largest absolute Gasteiger partial charge is 0.481 e. The van der Waals surface area contributed by atoms with E-state index in [9.17, 15) is 0 Å². The summed E-state index contributed by atoms with van der Waals surface area (Å²) in [7, 11) is 0. The van der Waals surface area contributed by atoms with Crippen molar-refractivity contribution in [2.24, 2.45) is 4.99 Å². The summed E-state index contributed by atoms with van der Waals surface area (Å²) in [6.07, 6.45) is 1.07. The summed E-state index contributed by atoms with van der Waals surface area (Å²) in [5.74, 6) is 0.837. The molecule has 1 unspecified atom stereocenters. The lowest BCUT2D eigenvalue weighted by atomic mass is 10.2. The Morgan fingerprint density at radius 1 is 1.75 bits per heavy atom. The predicted molar refractivity (Wildman–Crippen MR) is 33.1 cm³/mol. The molecule has 1 aliphatic heterocycles. The van der Waals surface area contributed by atoms with Gasteiger partial charge in [-0.3, -0.25) is 4.99 Å². The Kier molecular flexibility index (Phi) is 1.51. The Bertz CT molecular complexity index is 109. The average Bonchev–Trinajstić information content (AvgIpc) is 1.64. The van der Waals surface area contributed by atoms with Crippen LogP contribution in [0.3, 0.4) is 0 Å². The van der Waals surface area contributed by atoms with E-state index >= 15 is 0 Å². The average molecular weight is 113 g/mol. The molecule has 1 rings (SSSR count). The molecular weight excluding hydrogens is 102 g/mol. The van der Waals surface area contributed by atoms with E-state index in [1.165, 1.54) is 0 Å². The van der Waals surface area contributed by atoms with E-state index in [2.05, 4.69) is 11.9 Å². The van der Waals surface area contributed by atoms with Gasteiger partial charge in [0, 0.05) is 13.3 Å². The second-order valence-electron chi connectivity index (χ2n) is 2.13. The van der Waals surface area contributed by atoms with Crippen molar-refractivity contribution in [3.05, 3.63) is 0 Å². The van der Waals surface area contributed by atoms with Gasteiger partial charge in [0.25, 0.3) is 0 Å².